The first-order chi connectivity index (χ1) is 10.8. The number of H-pyrrole nitrogens is 1. The van der Waals surface area contributed by atoms with Gasteiger partial charge in [-0.2, -0.15) is 0 Å². The molecule has 1 aromatic carbocycles. The summed E-state index contributed by atoms with van der Waals surface area (Å²) < 4.78 is 0. The zero-order valence-electron chi connectivity index (χ0n) is 12.1. The number of para-hydroxylation sites is 1. The lowest BCUT2D eigenvalue weighted by Gasteiger charge is -2.26. The number of nitrogens with zero attached hydrogens (tertiary/aromatic N) is 1. The first-order valence-corrected chi connectivity index (χ1v) is 8.28. The van der Waals surface area contributed by atoms with E-state index in [0.29, 0.717) is 6.54 Å². The van der Waals surface area contributed by atoms with Crippen LogP contribution in [0, 0.1) is 0 Å². The van der Waals surface area contributed by atoms with Gasteiger partial charge in [0.05, 0.1) is 0 Å². The van der Waals surface area contributed by atoms with Crippen molar-refractivity contribution in [2.75, 3.05) is 6.54 Å². The van der Waals surface area contributed by atoms with E-state index >= 15 is 0 Å². The standard InChI is InChI=1S/C18H16N2OS/c21-18(8-7-13-4-3-11-22-13)20-10-9-17-15(12-20)14-5-1-2-6-16(14)19-17/h1-8,11,19H,9-10,12H2. The smallest absolute Gasteiger partial charge is 0.246 e. The minimum absolute atomic E-state index is 0.0873. The third-order valence-electron chi connectivity index (χ3n) is 4.13. The highest BCUT2D eigenvalue weighted by Crippen LogP contribution is 2.27. The van der Waals surface area contributed by atoms with Gasteiger partial charge in [-0.25, -0.2) is 0 Å². The predicted molar refractivity (Wildman–Crippen MR) is 90.8 cm³/mol. The summed E-state index contributed by atoms with van der Waals surface area (Å²) in [4.78, 5) is 18.9. The van der Waals surface area contributed by atoms with E-state index in [0.717, 1.165) is 23.4 Å². The fraction of sp³-hybridized carbons (Fsp3) is 0.167. The number of carbonyl (C=O) groups is 1. The molecule has 1 amide bonds. The first-order valence-electron chi connectivity index (χ1n) is 7.40. The highest BCUT2D eigenvalue weighted by molar-refractivity contribution is 7.10. The van der Waals surface area contributed by atoms with Gasteiger partial charge in [-0.05, 0) is 23.6 Å². The van der Waals surface area contributed by atoms with Crippen LogP contribution in [0.1, 0.15) is 16.1 Å². The van der Waals surface area contributed by atoms with Gasteiger partial charge < -0.3 is 9.88 Å². The lowest BCUT2D eigenvalue weighted by Crippen LogP contribution is -2.34. The summed E-state index contributed by atoms with van der Waals surface area (Å²) >= 11 is 1.64. The maximum absolute atomic E-state index is 12.4. The maximum atomic E-state index is 12.4. The van der Waals surface area contributed by atoms with Gasteiger partial charge in [-0.1, -0.05) is 24.3 Å². The number of rotatable bonds is 2. The van der Waals surface area contributed by atoms with Crippen molar-refractivity contribution < 1.29 is 4.79 Å². The molecule has 4 rings (SSSR count). The van der Waals surface area contributed by atoms with Crippen LogP contribution in [0.25, 0.3) is 17.0 Å². The van der Waals surface area contributed by atoms with Crippen LogP contribution in [0.3, 0.4) is 0 Å². The number of benzene rings is 1. The van der Waals surface area contributed by atoms with E-state index in [2.05, 4.69) is 17.1 Å². The number of carbonyl (C=O) groups excluding carboxylic acids is 1. The zero-order chi connectivity index (χ0) is 14.9. The van der Waals surface area contributed by atoms with Gasteiger partial charge in [0.15, 0.2) is 0 Å². The number of aromatic nitrogens is 1. The molecule has 0 fully saturated rings. The van der Waals surface area contributed by atoms with E-state index in [1.54, 1.807) is 17.4 Å². The maximum Gasteiger partial charge on any atom is 0.246 e. The van der Waals surface area contributed by atoms with Crippen molar-refractivity contribution in [2.24, 2.45) is 0 Å². The molecule has 1 aliphatic heterocycles. The van der Waals surface area contributed by atoms with Crippen molar-refractivity contribution >= 4 is 34.2 Å². The molecular weight excluding hydrogens is 292 g/mol. The molecule has 3 heterocycles. The second-order valence-electron chi connectivity index (χ2n) is 5.49. The molecule has 0 unspecified atom stereocenters. The molecule has 2 aromatic heterocycles. The van der Waals surface area contributed by atoms with E-state index < -0.39 is 0 Å². The van der Waals surface area contributed by atoms with E-state index in [9.17, 15) is 4.79 Å². The fourth-order valence-electron chi connectivity index (χ4n) is 3.00. The number of amides is 1. The average Bonchev–Trinajstić information content (AvgIpc) is 3.19. The monoisotopic (exact) mass is 308 g/mol. The van der Waals surface area contributed by atoms with Crippen LogP contribution in [0.2, 0.25) is 0 Å². The van der Waals surface area contributed by atoms with Crippen LogP contribution in [0.5, 0.6) is 0 Å². The zero-order valence-corrected chi connectivity index (χ0v) is 12.9. The highest BCUT2D eigenvalue weighted by Gasteiger charge is 2.22. The van der Waals surface area contributed by atoms with Crippen molar-refractivity contribution in [1.29, 1.82) is 0 Å². The number of hydrogen-bond donors (Lipinski definition) is 1. The lowest BCUT2D eigenvalue weighted by molar-refractivity contribution is -0.126. The number of aromatic amines is 1. The van der Waals surface area contributed by atoms with Gasteiger partial charge in [0.25, 0.3) is 0 Å². The van der Waals surface area contributed by atoms with Crippen LogP contribution in [-0.2, 0) is 17.8 Å². The number of hydrogen-bond acceptors (Lipinski definition) is 2. The van der Waals surface area contributed by atoms with Crippen LogP contribution >= 0.6 is 11.3 Å². The molecule has 3 aromatic rings. The summed E-state index contributed by atoms with van der Waals surface area (Å²) in [6.45, 7) is 1.46. The van der Waals surface area contributed by atoms with Crippen molar-refractivity contribution in [3.8, 4) is 0 Å². The molecule has 110 valence electrons. The molecule has 0 radical (unpaired) electrons. The first kappa shape index (κ1) is 13.3. The van der Waals surface area contributed by atoms with Gasteiger partial charge in [0.1, 0.15) is 0 Å². The van der Waals surface area contributed by atoms with Crippen LogP contribution in [0.15, 0.2) is 47.9 Å². The Morgan fingerprint density at radius 1 is 1.23 bits per heavy atom. The third-order valence-corrected chi connectivity index (χ3v) is 4.97. The molecule has 0 spiro atoms. The molecule has 0 saturated heterocycles. The van der Waals surface area contributed by atoms with Gasteiger partial charge >= 0.3 is 0 Å². The van der Waals surface area contributed by atoms with E-state index in [1.165, 1.54) is 16.6 Å². The van der Waals surface area contributed by atoms with Gasteiger partial charge in [-0.15, -0.1) is 11.3 Å². The molecule has 4 heteroatoms. The van der Waals surface area contributed by atoms with E-state index in [1.807, 2.05) is 40.6 Å². The van der Waals surface area contributed by atoms with Crippen molar-refractivity contribution in [2.45, 2.75) is 13.0 Å². The second-order valence-corrected chi connectivity index (χ2v) is 6.47. The second kappa shape index (κ2) is 5.46. The Balaban J connectivity index is 1.57. The molecule has 1 N–H and O–H groups in total. The molecule has 0 atom stereocenters. The molecule has 0 aliphatic carbocycles. The minimum atomic E-state index is 0.0873. The summed E-state index contributed by atoms with van der Waals surface area (Å²) in [6, 6.07) is 12.3. The SMILES string of the molecule is O=C(C=Cc1cccs1)N1CCc2[nH]c3ccccc3c2C1. The molecule has 22 heavy (non-hydrogen) atoms. The van der Waals surface area contributed by atoms with Crippen LogP contribution in [-0.4, -0.2) is 22.3 Å². The normalized spacial score (nSPS) is 14.6. The lowest BCUT2D eigenvalue weighted by atomic mass is 10.0. The quantitative estimate of drug-likeness (QED) is 0.718. The third kappa shape index (κ3) is 2.35. The summed E-state index contributed by atoms with van der Waals surface area (Å²) in [7, 11) is 0. The Hall–Kier alpha value is -2.33. The predicted octanol–water partition coefficient (Wildman–Crippen LogP) is 3.83. The average molecular weight is 308 g/mol. The van der Waals surface area contributed by atoms with Gasteiger partial charge in [-0.3, -0.25) is 4.79 Å². The van der Waals surface area contributed by atoms with Crippen LogP contribution < -0.4 is 0 Å². The Bertz CT molecular complexity index is 845. The molecule has 0 bridgehead atoms. The van der Waals surface area contributed by atoms with Gasteiger partial charge in [0.2, 0.25) is 5.91 Å². The van der Waals surface area contributed by atoms with Crippen molar-refractivity contribution in [3.63, 3.8) is 0 Å². The Kier molecular flexibility index (Phi) is 3.31. The Labute approximate surface area is 132 Å². The van der Waals surface area contributed by atoms with E-state index in [-0.39, 0.29) is 5.91 Å². The number of thiophene rings is 1. The largest absolute Gasteiger partial charge is 0.358 e. The number of nitrogens with one attached hydrogen (secondary N) is 1. The van der Waals surface area contributed by atoms with Crippen molar-refractivity contribution in [1.82, 2.24) is 9.88 Å². The molecular formula is C18H16N2OS. The van der Waals surface area contributed by atoms with Crippen LogP contribution in [0.4, 0.5) is 0 Å². The summed E-state index contributed by atoms with van der Waals surface area (Å²) in [6.07, 6.45) is 4.48. The minimum Gasteiger partial charge on any atom is -0.358 e. The summed E-state index contributed by atoms with van der Waals surface area (Å²) in [5.74, 6) is 0.0873. The highest BCUT2D eigenvalue weighted by atomic mass is 32.1. The Morgan fingerprint density at radius 3 is 3.00 bits per heavy atom. The summed E-state index contributed by atoms with van der Waals surface area (Å²) in [5.41, 5.74) is 3.70. The van der Waals surface area contributed by atoms with Crippen molar-refractivity contribution in [3.05, 3.63) is 64.0 Å². The molecule has 3 nitrogen and oxygen atoms in total. The number of fused-ring (bicyclic) bond motifs is 3. The molecule has 1 aliphatic rings. The Morgan fingerprint density at radius 2 is 2.14 bits per heavy atom. The molecule has 0 saturated carbocycles. The summed E-state index contributed by atoms with van der Waals surface area (Å²) in [5, 5.41) is 3.25. The topological polar surface area (TPSA) is 36.1 Å². The fourth-order valence-corrected chi connectivity index (χ4v) is 3.62. The van der Waals surface area contributed by atoms with Gasteiger partial charge in [0, 0.05) is 52.6 Å². The van der Waals surface area contributed by atoms with E-state index in [4.69, 9.17) is 0 Å².